The molecule has 1 amide bonds. The highest BCUT2D eigenvalue weighted by Crippen LogP contribution is 2.28. The molecule has 3 nitrogen and oxygen atoms in total. The second-order valence-corrected chi connectivity index (χ2v) is 7.26. The van der Waals surface area contributed by atoms with E-state index in [1.807, 2.05) is 30.3 Å². The number of ether oxygens (including phenoxy) is 1. The summed E-state index contributed by atoms with van der Waals surface area (Å²) >= 11 is 13.7. The van der Waals surface area contributed by atoms with Crippen LogP contribution in [0.2, 0.25) is 10.0 Å². The van der Waals surface area contributed by atoms with Crippen LogP contribution >= 0.6 is 35.0 Å². The lowest BCUT2D eigenvalue weighted by atomic mass is 10.1. The van der Waals surface area contributed by atoms with Crippen LogP contribution in [0.15, 0.2) is 42.5 Å². The van der Waals surface area contributed by atoms with Crippen molar-refractivity contribution in [3.8, 4) is 5.75 Å². The van der Waals surface area contributed by atoms with Gasteiger partial charge in [-0.1, -0.05) is 47.5 Å². The smallest absolute Gasteiger partial charge is 0.230 e. The Morgan fingerprint density at radius 3 is 2.56 bits per heavy atom. The molecular formula is C19H21Cl2NO2S. The zero-order valence-electron chi connectivity index (χ0n) is 14.1. The third-order valence-corrected chi connectivity index (χ3v) is 5.35. The van der Waals surface area contributed by atoms with Crippen molar-refractivity contribution in [1.29, 1.82) is 0 Å². The van der Waals surface area contributed by atoms with Crippen LogP contribution in [-0.4, -0.2) is 25.3 Å². The molecule has 0 spiro atoms. The number of carbonyl (C=O) groups is 1. The molecule has 0 heterocycles. The summed E-state index contributed by atoms with van der Waals surface area (Å²) in [5.41, 5.74) is 2.03. The first-order valence-corrected chi connectivity index (χ1v) is 9.92. The minimum atomic E-state index is 0.0215. The van der Waals surface area contributed by atoms with E-state index in [1.54, 1.807) is 19.2 Å². The fourth-order valence-electron chi connectivity index (χ4n) is 2.38. The molecule has 0 aliphatic heterocycles. The van der Waals surface area contributed by atoms with E-state index in [9.17, 15) is 4.79 Å². The van der Waals surface area contributed by atoms with Crippen molar-refractivity contribution in [3.05, 3.63) is 63.6 Å². The SMILES string of the molecule is COc1ccccc1CCCNC(=O)CSCc1c(Cl)cccc1Cl. The maximum Gasteiger partial charge on any atom is 0.230 e. The first kappa shape index (κ1) is 20.0. The van der Waals surface area contributed by atoms with Crippen LogP contribution in [0.5, 0.6) is 5.75 Å². The van der Waals surface area contributed by atoms with Gasteiger partial charge in [0.15, 0.2) is 0 Å². The van der Waals surface area contributed by atoms with Crippen molar-refractivity contribution in [2.24, 2.45) is 0 Å². The van der Waals surface area contributed by atoms with E-state index in [0.717, 1.165) is 29.7 Å². The van der Waals surface area contributed by atoms with E-state index in [0.29, 0.717) is 28.1 Å². The summed E-state index contributed by atoms with van der Waals surface area (Å²) in [5.74, 6) is 1.91. The number of thioether (sulfide) groups is 1. The number of amides is 1. The highest BCUT2D eigenvalue weighted by atomic mass is 35.5. The molecule has 0 saturated carbocycles. The van der Waals surface area contributed by atoms with Crippen LogP contribution in [0.25, 0.3) is 0 Å². The molecule has 0 aliphatic carbocycles. The first-order valence-electron chi connectivity index (χ1n) is 8.01. The Morgan fingerprint density at radius 2 is 1.84 bits per heavy atom. The Kier molecular flexibility index (Phi) is 8.45. The van der Waals surface area contributed by atoms with E-state index >= 15 is 0 Å². The van der Waals surface area contributed by atoms with Gasteiger partial charge in [-0.05, 0) is 42.2 Å². The average Bonchev–Trinajstić information content (AvgIpc) is 2.61. The van der Waals surface area contributed by atoms with Gasteiger partial charge >= 0.3 is 0 Å². The van der Waals surface area contributed by atoms with Gasteiger partial charge in [0.2, 0.25) is 5.91 Å². The van der Waals surface area contributed by atoms with E-state index in [-0.39, 0.29) is 5.91 Å². The largest absolute Gasteiger partial charge is 0.496 e. The van der Waals surface area contributed by atoms with Crippen LogP contribution in [0, 0.1) is 0 Å². The Hall–Kier alpha value is -1.36. The summed E-state index contributed by atoms with van der Waals surface area (Å²) in [6.07, 6.45) is 1.74. The number of hydrogen-bond donors (Lipinski definition) is 1. The zero-order chi connectivity index (χ0) is 18.1. The number of methoxy groups -OCH3 is 1. The predicted octanol–water partition coefficient (Wildman–Crippen LogP) is 4.98. The summed E-state index contributed by atoms with van der Waals surface area (Å²) in [6, 6.07) is 13.4. The summed E-state index contributed by atoms with van der Waals surface area (Å²) < 4.78 is 5.33. The Bertz CT molecular complexity index is 689. The second kappa shape index (κ2) is 10.6. The number of aryl methyl sites for hydroxylation is 1. The van der Waals surface area contributed by atoms with Gasteiger partial charge in [-0.2, -0.15) is 0 Å². The lowest BCUT2D eigenvalue weighted by molar-refractivity contribution is -0.118. The number of halogens is 2. The van der Waals surface area contributed by atoms with E-state index in [4.69, 9.17) is 27.9 Å². The lowest BCUT2D eigenvalue weighted by Crippen LogP contribution is -2.26. The van der Waals surface area contributed by atoms with Gasteiger partial charge in [-0.3, -0.25) is 4.79 Å². The van der Waals surface area contributed by atoms with Gasteiger partial charge in [0.25, 0.3) is 0 Å². The van der Waals surface area contributed by atoms with Crippen LogP contribution < -0.4 is 10.1 Å². The summed E-state index contributed by atoms with van der Waals surface area (Å²) in [5, 5.41) is 4.21. The number of benzene rings is 2. The van der Waals surface area contributed by atoms with E-state index in [2.05, 4.69) is 5.32 Å². The van der Waals surface area contributed by atoms with Crippen LogP contribution in [-0.2, 0) is 17.0 Å². The standard InChI is InChI=1S/C19H21Cl2NO2S/c1-24-18-10-3-2-6-14(18)7-5-11-22-19(23)13-25-12-15-16(20)8-4-9-17(15)21/h2-4,6,8-10H,5,7,11-13H2,1H3,(H,22,23). The highest BCUT2D eigenvalue weighted by molar-refractivity contribution is 7.99. The maximum absolute atomic E-state index is 11.9. The van der Waals surface area contributed by atoms with Gasteiger partial charge < -0.3 is 10.1 Å². The molecule has 0 radical (unpaired) electrons. The van der Waals surface area contributed by atoms with Crippen LogP contribution in [0.3, 0.4) is 0 Å². The Labute approximate surface area is 163 Å². The topological polar surface area (TPSA) is 38.3 Å². The van der Waals surface area contributed by atoms with Crippen molar-refractivity contribution >= 4 is 40.9 Å². The molecule has 0 saturated heterocycles. The summed E-state index contributed by atoms with van der Waals surface area (Å²) in [7, 11) is 1.67. The van der Waals surface area contributed by atoms with E-state index < -0.39 is 0 Å². The van der Waals surface area contributed by atoms with Gasteiger partial charge in [0, 0.05) is 22.3 Å². The third kappa shape index (κ3) is 6.46. The molecule has 6 heteroatoms. The van der Waals surface area contributed by atoms with Crippen molar-refractivity contribution in [2.75, 3.05) is 19.4 Å². The fourth-order valence-corrected chi connectivity index (χ4v) is 3.98. The number of rotatable bonds is 9. The number of carbonyl (C=O) groups excluding carboxylic acids is 1. The van der Waals surface area contributed by atoms with Gasteiger partial charge in [0.05, 0.1) is 12.9 Å². The lowest BCUT2D eigenvalue weighted by Gasteiger charge is -2.09. The molecular weight excluding hydrogens is 377 g/mol. The van der Waals surface area contributed by atoms with Crippen molar-refractivity contribution in [2.45, 2.75) is 18.6 Å². The molecule has 25 heavy (non-hydrogen) atoms. The molecule has 0 unspecified atom stereocenters. The molecule has 0 aromatic heterocycles. The number of para-hydroxylation sites is 1. The predicted molar refractivity (Wildman–Crippen MR) is 107 cm³/mol. The van der Waals surface area contributed by atoms with Crippen molar-refractivity contribution in [1.82, 2.24) is 5.32 Å². The molecule has 0 fully saturated rings. The minimum absolute atomic E-state index is 0.0215. The second-order valence-electron chi connectivity index (χ2n) is 5.46. The number of hydrogen-bond acceptors (Lipinski definition) is 3. The third-order valence-electron chi connectivity index (χ3n) is 3.68. The van der Waals surface area contributed by atoms with Gasteiger partial charge in [-0.25, -0.2) is 0 Å². The normalized spacial score (nSPS) is 10.5. The molecule has 0 bridgehead atoms. The van der Waals surface area contributed by atoms with Gasteiger partial charge in [0.1, 0.15) is 5.75 Å². The monoisotopic (exact) mass is 397 g/mol. The molecule has 2 rings (SSSR count). The van der Waals surface area contributed by atoms with E-state index in [1.165, 1.54) is 11.8 Å². The van der Waals surface area contributed by atoms with Crippen LogP contribution in [0.1, 0.15) is 17.5 Å². The Morgan fingerprint density at radius 1 is 1.12 bits per heavy atom. The first-order chi connectivity index (χ1) is 12.1. The van der Waals surface area contributed by atoms with Gasteiger partial charge in [-0.15, -0.1) is 11.8 Å². The molecule has 2 aromatic rings. The highest BCUT2D eigenvalue weighted by Gasteiger charge is 2.08. The summed E-state index contributed by atoms with van der Waals surface area (Å²) in [4.78, 5) is 11.9. The molecule has 1 N–H and O–H groups in total. The zero-order valence-corrected chi connectivity index (χ0v) is 16.4. The fraction of sp³-hybridized carbons (Fsp3) is 0.316. The summed E-state index contributed by atoms with van der Waals surface area (Å²) in [6.45, 7) is 0.643. The molecule has 0 aliphatic rings. The minimum Gasteiger partial charge on any atom is -0.496 e. The quantitative estimate of drug-likeness (QED) is 0.605. The van der Waals surface area contributed by atoms with Crippen molar-refractivity contribution in [3.63, 3.8) is 0 Å². The van der Waals surface area contributed by atoms with Crippen LogP contribution in [0.4, 0.5) is 0 Å². The number of nitrogens with one attached hydrogen (secondary N) is 1. The average molecular weight is 398 g/mol. The molecule has 0 atom stereocenters. The Balaban J connectivity index is 1.66. The molecule has 2 aromatic carbocycles. The maximum atomic E-state index is 11.9. The molecule has 134 valence electrons. The van der Waals surface area contributed by atoms with Crippen molar-refractivity contribution < 1.29 is 9.53 Å².